The van der Waals surface area contributed by atoms with Crippen LogP contribution in [0.5, 0.6) is 0 Å². The molecule has 2 rings (SSSR count). The van der Waals surface area contributed by atoms with Gasteiger partial charge in [-0.25, -0.2) is 4.79 Å². The molecule has 2 aliphatic heterocycles. The van der Waals surface area contributed by atoms with Crippen molar-refractivity contribution < 1.29 is 19.1 Å². The van der Waals surface area contributed by atoms with Crippen LogP contribution in [0.4, 0.5) is 4.79 Å². The Balaban J connectivity index is 1.99. The van der Waals surface area contributed by atoms with Crippen molar-refractivity contribution in [3.8, 4) is 0 Å². The third-order valence-electron chi connectivity index (χ3n) is 3.63. The van der Waals surface area contributed by atoms with Crippen LogP contribution in [0.15, 0.2) is 0 Å². The first-order valence-corrected chi connectivity index (χ1v) is 6.95. The molecule has 2 atom stereocenters. The fourth-order valence-electron chi connectivity index (χ4n) is 3.07. The van der Waals surface area contributed by atoms with Crippen LogP contribution < -0.4 is 0 Å². The van der Waals surface area contributed by atoms with Crippen LogP contribution in [0.2, 0.25) is 0 Å². The molecular formula is C14H23NO4. The zero-order valence-electron chi connectivity index (χ0n) is 12.1. The first kappa shape index (κ1) is 14.2. The highest BCUT2D eigenvalue weighted by molar-refractivity contribution is 5.70. The number of carbonyl (C=O) groups excluding carboxylic acids is 2. The number of hydrogen-bond acceptors (Lipinski definition) is 4. The van der Waals surface area contributed by atoms with E-state index in [0.29, 0.717) is 0 Å². The molecule has 0 saturated carbocycles. The molecule has 2 aliphatic rings. The van der Waals surface area contributed by atoms with Gasteiger partial charge in [0.05, 0.1) is 0 Å². The molecule has 2 saturated heterocycles. The fourth-order valence-corrected chi connectivity index (χ4v) is 3.07. The number of ether oxygens (including phenoxy) is 2. The Morgan fingerprint density at radius 3 is 2.05 bits per heavy atom. The molecule has 0 N–H and O–H groups in total. The largest absolute Gasteiger partial charge is 0.462 e. The highest BCUT2D eigenvalue weighted by Crippen LogP contribution is 2.37. The topological polar surface area (TPSA) is 55.8 Å². The minimum atomic E-state index is -0.469. The summed E-state index contributed by atoms with van der Waals surface area (Å²) < 4.78 is 10.7. The molecule has 2 heterocycles. The maximum atomic E-state index is 12.2. The van der Waals surface area contributed by atoms with Gasteiger partial charge in [0.25, 0.3) is 0 Å². The summed E-state index contributed by atoms with van der Waals surface area (Å²) in [5.41, 5.74) is -0.469. The maximum absolute atomic E-state index is 12.2. The number of piperidine rings is 1. The van der Waals surface area contributed by atoms with E-state index in [2.05, 4.69) is 0 Å². The number of hydrogen-bond donors (Lipinski definition) is 0. The van der Waals surface area contributed by atoms with Crippen molar-refractivity contribution in [3.05, 3.63) is 0 Å². The molecule has 0 spiro atoms. The zero-order chi connectivity index (χ0) is 14.2. The summed E-state index contributed by atoms with van der Waals surface area (Å²) in [5, 5.41) is 0. The Morgan fingerprint density at radius 1 is 1.11 bits per heavy atom. The first-order valence-electron chi connectivity index (χ1n) is 6.95. The Kier molecular flexibility index (Phi) is 3.74. The SMILES string of the molecule is CC(=O)OC1CC2CCC(C1)N2C(=O)OC(C)(C)C. The highest BCUT2D eigenvalue weighted by atomic mass is 16.6. The predicted octanol–water partition coefficient (Wildman–Crippen LogP) is 2.48. The standard InChI is InChI=1S/C14H23NO4/c1-9(16)18-12-7-10-5-6-11(8-12)15(10)13(17)19-14(2,3)4/h10-12H,5-8H2,1-4H3. The lowest BCUT2D eigenvalue weighted by molar-refractivity contribution is -0.149. The first-order chi connectivity index (χ1) is 8.76. The second kappa shape index (κ2) is 5.02. The van der Waals surface area contributed by atoms with Gasteiger partial charge in [-0.2, -0.15) is 0 Å². The van der Waals surface area contributed by atoms with E-state index in [4.69, 9.17) is 9.47 Å². The average Bonchev–Trinajstić information content (AvgIpc) is 2.47. The third-order valence-corrected chi connectivity index (χ3v) is 3.63. The molecule has 0 aromatic carbocycles. The van der Waals surface area contributed by atoms with Gasteiger partial charge >= 0.3 is 12.1 Å². The van der Waals surface area contributed by atoms with E-state index < -0.39 is 5.60 Å². The number of rotatable bonds is 1. The fraction of sp³-hybridized carbons (Fsp3) is 0.857. The summed E-state index contributed by atoms with van der Waals surface area (Å²) in [6.45, 7) is 7.05. The van der Waals surface area contributed by atoms with Gasteiger partial charge in [0.15, 0.2) is 0 Å². The number of esters is 1. The number of carbonyl (C=O) groups is 2. The van der Waals surface area contributed by atoms with E-state index in [1.165, 1.54) is 6.92 Å². The molecule has 19 heavy (non-hydrogen) atoms. The number of amides is 1. The van der Waals surface area contributed by atoms with Gasteiger partial charge in [0, 0.05) is 31.8 Å². The summed E-state index contributed by atoms with van der Waals surface area (Å²) in [6.07, 6.45) is 3.13. The van der Waals surface area contributed by atoms with Crippen LogP contribution >= 0.6 is 0 Å². The third kappa shape index (κ3) is 3.39. The summed E-state index contributed by atoms with van der Waals surface area (Å²) in [5.74, 6) is -0.241. The van der Waals surface area contributed by atoms with E-state index in [0.717, 1.165) is 25.7 Å². The van der Waals surface area contributed by atoms with Crippen LogP contribution in [0, 0.1) is 0 Å². The summed E-state index contributed by atoms with van der Waals surface area (Å²) in [4.78, 5) is 25.1. The molecule has 5 heteroatoms. The Labute approximate surface area is 114 Å². The Morgan fingerprint density at radius 2 is 1.63 bits per heavy atom. The smallest absolute Gasteiger partial charge is 0.410 e. The molecule has 5 nitrogen and oxygen atoms in total. The number of nitrogens with zero attached hydrogens (tertiary/aromatic N) is 1. The maximum Gasteiger partial charge on any atom is 0.410 e. The van der Waals surface area contributed by atoms with Crippen LogP contribution in [0.25, 0.3) is 0 Å². The quantitative estimate of drug-likeness (QED) is 0.686. The Hall–Kier alpha value is -1.26. The zero-order valence-corrected chi connectivity index (χ0v) is 12.1. The molecule has 2 unspecified atom stereocenters. The van der Waals surface area contributed by atoms with Crippen molar-refractivity contribution in [2.45, 2.75) is 77.2 Å². The van der Waals surface area contributed by atoms with Crippen molar-refractivity contribution in [1.82, 2.24) is 4.90 Å². The van der Waals surface area contributed by atoms with Gasteiger partial charge in [-0.1, -0.05) is 0 Å². The minimum Gasteiger partial charge on any atom is -0.462 e. The van der Waals surface area contributed by atoms with Gasteiger partial charge in [0.2, 0.25) is 0 Å². The number of fused-ring (bicyclic) bond motifs is 2. The van der Waals surface area contributed by atoms with Crippen LogP contribution in [0.1, 0.15) is 53.4 Å². The van der Waals surface area contributed by atoms with E-state index in [9.17, 15) is 9.59 Å². The van der Waals surface area contributed by atoms with Gasteiger partial charge in [0.1, 0.15) is 11.7 Å². The predicted molar refractivity (Wildman–Crippen MR) is 69.7 cm³/mol. The van der Waals surface area contributed by atoms with Crippen molar-refractivity contribution in [3.63, 3.8) is 0 Å². The second-order valence-corrected chi connectivity index (χ2v) is 6.48. The Bertz CT molecular complexity index is 360. The molecule has 0 aliphatic carbocycles. The van der Waals surface area contributed by atoms with Gasteiger partial charge in [-0.05, 0) is 33.6 Å². The van der Waals surface area contributed by atoms with E-state index in [1.807, 2.05) is 25.7 Å². The summed E-state index contributed by atoms with van der Waals surface area (Å²) >= 11 is 0. The molecular weight excluding hydrogens is 246 g/mol. The minimum absolute atomic E-state index is 0.0475. The summed E-state index contributed by atoms with van der Waals surface area (Å²) in [6, 6.07) is 0.302. The molecule has 0 aromatic heterocycles. The van der Waals surface area contributed by atoms with Crippen LogP contribution in [0.3, 0.4) is 0 Å². The van der Waals surface area contributed by atoms with E-state index >= 15 is 0 Å². The lowest BCUT2D eigenvalue weighted by Gasteiger charge is -2.38. The van der Waals surface area contributed by atoms with Gasteiger partial charge < -0.3 is 14.4 Å². The van der Waals surface area contributed by atoms with Crippen molar-refractivity contribution in [2.75, 3.05) is 0 Å². The molecule has 0 radical (unpaired) electrons. The van der Waals surface area contributed by atoms with E-state index in [-0.39, 0.29) is 30.3 Å². The molecule has 108 valence electrons. The highest BCUT2D eigenvalue weighted by Gasteiger charge is 2.45. The molecule has 2 fully saturated rings. The van der Waals surface area contributed by atoms with Crippen LogP contribution in [-0.2, 0) is 14.3 Å². The monoisotopic (exact) mass is 269 g/mol. The summed E-state index contributed by atoms with van der Waals surface area (Å²) in [7, 11) is 0. The lowest BCUT2D eigenvalue weighted by Crippen LogP contribution is -2.50. The lowest BCUT2D eigenvalue weighted by atomic mass is 10.0. The van der Waals surface area contributed by atoms with Crippen molar-refractivity contribution in [2.24, 2.45) is 0 Å². The van der Waals surface area contributed by atoms with Gasteiger partial charge in [-0.15, -0.1) is 0 Å². The molecule has 2 bridgehead atoms. The van der Waals surface area contributed by atoms with E-state index in [1.54, 1.807) is 0 Å². The van der Waals surface area contributed by atoms with Crippen molar-refractivity contribution >= 4 is 12.1 Å². The second-order valence-electron chi connectivity index (χ2n) is 6.48. The van der Waals surface area contributed by atoms with Crippen LogP contribution in [-0.4, -0.2) is 40.8 Å². The average molecular weight is 269 g/mol. The molecule has 0 aromatic rings. The van der Waals surface area contributed by atoms with Crippen molar-refractivity contribution in [1.29, 1.82) is 0 Å². The van der Waals surface area contributed by atoms with Gasteiger partial charge in [-0.3, -0.25) is 4.79 Å². The normalized spacial score (nSPS) is 30.1. The molecule has 1 amide bonds.